The van der Waals surface area contributed by atoms with E-state index >= 15 is 0 Å². The monoisotopic (exact) mass is 326 g/mol. The molecule has 0 fully saturated rings. The number of benzene rings is 1. The van der Waals surface area contributed by atoms with Gasteiger partial charge in [-0.1, -0.05) is 6.07 Å². The van der Waals surface area contributed by atoms with Crippen LogP contribution in [0.5, 0.6) is 0 Å². The molecule has 3 N–H and O–H groups in total. The number of amides is 2. The molecule has 122 valence electrons. The lowest BCUT2D eigenvalue weighted by atomic mass is 10.1. The molecule has 0 atom stereocenters. The van der Waals surface area contributed by atoms with E-state index in [0.717, 1.165) is 11.2 Å². The maximum absolute atomic E-state index is 13.4. The Hall–Kier alpha value is -3.22. The molecule has 7 heteroatoms. The van der Waals surface area contributed by atoms with Crippen LogP contribution < -0.4 is 10.9 Å². The molecule has 0 saturated heterocycles. The standard InChI is InChI=1S/C17H15FN4O2/c1-10-12(13-8-11(18)5-6-14(13)20-10)9-16(23)21-22-17(24)15-4-2-3-7-19-15/h2-8,20H,9H2,1H3,(H,21,23)(H,22,24). The molecule has 0 aliphatic rings. The van der Waals surface area contributed by atoms with E-state index in [1.807, 2.05) is 6.92 Å². The molecule has 1 aromatic carbocycles. The molecule has 0 aliphatic carbocycles. The third kappa shape index (κ3) is 3.24. The number of nitrogens with one attached hydrogen (secondary N) is 3. The molecule has 0 spiro atoms. The Morgan fingerprint density at radius 3 is 2.79 bits per heavy atom. The van der Waals surface area contributed by atoms with Crippen molar-refractivity contribution in [1.29, 1.82) is 0 Å². The second-order valence-electron chi connectivity index (χ2n) is 5.31. The Morgan fingerprint density at radius 2 is 2.04 bits per heavy atom. The zero-order chi connectivity index (χ0) is 17.1. The van der Waals surface area contributed by atoms with E-state index in [0.29, 0.717) is 10.9 Å². The molecule has 3 aromatic rings. The van der Waals surface area contributed by atoms with E-state index in [9.17, 15) is 14.0 Å². The van der Waals surface area contributed by atoms with E-state index < -0.39 is 11.8 Å². The summed E-state index contributed by atoms with van der Waals surface area (Å²) in [5.74, 6) is -1.29. The van der Waals surface area contributed by atoms with Crippen molar-refractivity contribution in [3.63, 3.8) is 0 Å². The van der Waals surface area contributed by atoms with Crippen molar-refractivity contribution in [2.75, 3.05) is 0 Å². The van der Waals surface area contributed by atoms with Gasteiger partial charge in [0, 0.05) is 22.8 Å². The highest BCUT2D eigenvalue weighted by molar-refractivity contribution is 5.95. The lowest BCUT2D eigenvalue weighted by molar-refractivity contribution is -0.121. The summed E-state index contributed by atoms with van der Waals surface area (Å²) in [7, 11) is 0. The molecule has 24 heavy (non-hydrogen) atoms. The minimum atomic E-state index is -0.509. The van der Waals surface area contributed by atoms with Gasteiger partial charge in [-0.3, -0.25) is 25.4 Å². The summed E-state index contributed by atoms with van der Waals surface area (Å²) >= 11 is 0. The number of aromatic amines is 1. The zero-order valence-corrected chi connectivity index (χ0v) is 12.9. The molecule has 0 aliphatic heterocycles. The molecule has 2 amide bonds. The molecule has 6 nitrogen and oxygen atoms in total. The molecular weight excluding hydrogens is 311 g/mol. The third-order valence-electron chi connectivity index (χ3n) is 3.63. The largest absolute Gasteiger partial charge is 0.358 e. The first-order valence-electron chi connectivity index (χ1n) is 7.31. The van der Waals surface area contributed by atoms with E-state index in [4.69, 9.17) is 0 Å². The number of hydrogen-bond donors (Lipinski definition) is 3. The van der Waals surface area contributed by atoms with Crippen molar-refractivity contribution in [1.82, 2.24) is 20.8 Å². The van der Waals surface area contributed by atoms with Crippen LogP contribution in [-0.4, -0.2) is 21.8 Å². The second kappa shape index (κ2) is 6.49. The molecule has 3 rings (SSSR count). The Balaban J connectivity index is 1.68. The number of aryl methyl sites for hydroxylation is 1. The molecule has 2 aromatic heterocycles. The third-order valence-corrected chi connectivity index (χ3v) is 3.63. The molecule has 2 heterocycles. The first kappa shape index (κ1) is 15.7. The highest BCUT2D eigenvalue weighted by Gasteiger charge is 2.14. The summed E-state index contributed by atoms with van der Waals surface area (Å²) in [6, 6.07) is 9.26. The summed E-state index contributed by atoms with van der Waals surface area (Å²) in [4.78, 5) is 30.9. The van der Waals surface area contributed by atoms with Crippen molar-refractivity contribution < 1.29 is 14.0 Å². The van der Waals surface area contributed by atoms with Gasteiger partial charge in [-0.15, -0.1) is 0 Å². The summed E-state index contributed by atoms with van der Waals surface area (Å²) in [6.45, 7) is 1.81. The lowest BCUT2D eigenvalue weighted by Crippen LogP contribution is -2.42. The Morgan fingerprint density at radius 1 is 1.21 bits per heavy atom. The number of hydrogen-bond acceptors (Lipinski definition) is 3. The van der Waals surface area contributed by atoms with Gasteiger partial charge in [0.1, 0.15) is 11.5 Å². The zero-order valence-electron chi connectivity index (χ0n) is 12.9. The average Bonchev–Trinajstić information content (AvgIpc) is 2.89. The minimum absolute atomic E-state index is 0.0117. The number of nitrogens with zero attached hydrogens (tertiary/aromatic N) is 1. The van der Waals surface area contributed by atoms with E-state index in [-0.39, 0.29) is 17.9 Å². The van der Waals surface area contributed by atoms with Crippen LogP contribution in [-0.2, 0) is 11.2 Å². The van der Waals surface area contributed by atoms with E-state index in [1.54, 1.807) is 18.2 Å². The molecule has 0 bridgehead atoms. The number of hydrazine groups is 1. The van der Waals surface area contributed by atoms with Gasteiger partial charge in [-0.05, 0) is 42.8 Å². The van der Waals surface area contributed by atoms with Gasteiger partial charge in [-0.2, -0.15) is 0 Å². The Labute approximate surface area is 137 Å². The predicted octanol–water partition coefficient (Wildman–Crippen LogP) is 2.01. The van der Waals surface area contributed by atoms with Gasteiger partial charge >= 0.3 is 0 Å². The molecular formula is C17H15FN4O2. The van der Waals surface area contributed by atoms with Gasteiger partial charge in [-0.25, -0.2) is 4.39 Å². The number of carbonyl (C=O) groups excluding carboxylic acids is 2. The summed E-state index contributed by atoms with van der Waals surface area (Å²) in [5, 5.41) is 0.652. The van der Waals surface area contributed by atoms with Crippen molar-refractivity contribution in [3.05, 3.63) is 65.4 Å². The Bertz CT molecular complexity index is 906. The molecule has 0 unspecified atom stereocenters. The number of halogens is 1. The predicted molar refractivity (Wildman–Crippen MR) is 86.5 cm³/mol. The molecule has 0 radical (unpaired) electrons. The Kier molecular flexibility index (Phi) is 4.24. The van der Waals surface area contributed by atoms with E-state index in [1.165, 1.54) is 24.4 Å². The van der Waals surface area contributed by atoms with Gasteiger partial charge in [0.15, 0.2) is 0 Å². The number of rotatable bonds is 3. The van der Waals surface area contributed by atoms with Crippen molar-refractivity contribution in [2.45, 2.75) is 13.3 Å². The van der Waals surface area contributed by atoms with Crippen molar-refractivity contribution in [2.24, 2.45) is 0 Å². The number of aromatic nitrogens is 2. The fourth-order valence-electron chi connectivity index (χ4n) is 2.47. The van der Waals surface area contributed by atoms with Gasteiger partial charge in [0.2, 0.25) is 5.91 Å². The van der Waals surface area contributed by atoms with Gasteiger partial charge < -0.3 is 4.98 Å². The van der Waals surface area contributed by atoms with Crippen LogP contribution in [0.3, 0.4) is 0 Å². The summed E-state index contributed by atoms with van der Waals surface area (Å²) in [5.41, 5.74) is 7.07. The maximum Gasteiger partial charge on any atom is 0.288 e. The topological polar surface area (TPSA) is 86.9 Å². The van der Waals surface area contributed by atoms with Crippen LogP contribution >= 0.6 is 0 Å². The average molecular weight is 326 g/mol. The normalized spacial score (nSPS) is 10.6. The van der Waals surface area contributed by atoms with Crippen LogP contribution in [0.15, 0.2) is 42.6 Å². The highest BCUT2D eigenvalue weighted by Crippen LogP contribution is 2.23. The smallest absolute Gasteiger partial charge is 0.288 e. The molecule has 0 saturated carbocycles. The number of carbonyl (C=O) groups is 2. The first-order valence-corrected chi connectivity index (χ1v) is 7.31. The summed E-state index contributed by atoms with van der Waals surface area (Å²) in [6.07, 6.45) is 1.50. The van der Waals surface area contributed by atoms with Crippen LogP contribution in [0.4, 0.5) is 4.39 Å². The fourth-order valence-corrected chi connectivity index (χ4v) is 2.47. The fraction of sp³-hybridized carbons (Fsp3) is 0.118. The quantitative estimate of drug-likeness (QED) is 0.644. The van der Waals surface area contributed by atoms with E-state index in [2.05, 4.69) is 20.8 Å². The summed E-state index contributed by atoms with van der Waals surface area (Å²) < 4.78 is 13.4. The maximum atomic E-state index is 13.4. The van der Waals surface area contributed by atoms with Crippen LogP contribution in [0.25, 0.3) is 10.9 Å². The van der Waals surface area contributed by atoms with Crippen LogP contribution in [0.1, 0.15) is 21.7 Å². The van der Waals surface area contributed by atoms with Crippen molar-refractivity contribution in [3.8, 4) is 0 Å². The highest BCUT2D eigenvalue weighted by atomic mass is 19.1. The SMILES string of the molecule is Cc1[nH]c2ccc(F)cc2c1CC(=O)NNC(=O)c1ccccn1. The van der Waals surface area contributed by atoms with Crippen LogP contribution in [0, 0.1) is 12.7 Å². The van der Waals surface area contributed by atoms with Gasteiger partial charge in [0.05, 0.1) is 6.42 Å². The second-order valence-corrected chi connectivity index (χ2v) is 5.31. The lowest BCUT2D eigenvalue weighted by Gasteiger charge is -2.07. The van der Waals surface area contributed by atoms with Gasteiger partial charge in [0.25, 0.3) is 5.91 Å². The van der Waals surface area contributed by atoms with Crippen LogP contribution in [0.2, 0.25) is 0 Å². The first-order chi connectivity index (χ1) is 11.5. The number of fused-ring (bicyclic) bond motifs is 1. The minimum Gasteiger partial charge on any atom is -0.358 e. The van der Waals surface area contributed by atoms with Crippen molar-refractivity contribution >= 4 is 22.7 Å². The number of pyridine rings is 1. The number of H-pyrrole nitrogens is 1.